The van der Waals surface area contributed by atoms with Crippen LogP contribution in [0.3, 0.4) is 0 Å². The molecule has 0 aromatic carbocycles. The molecule has 1 aromatic rings. The van der Waals surface area contributed by atoms with Gasteiger partial charge in [0, 0.05) is 11.4 Å². The van der Waals surface area contributed by atoms with Gasteiger partial charge < -0.3 is 14.9 Å². The average molecular weight is 266 g/mol. The van der Waals surface area contributed by atoms with Crippen LogP contribution < -0.4 is 0 Å². The Balaban J connectivity index is 2.35. The smallest absolute Gasteiger partial charge is 0.104 e. The SMILES string of the molecule is CN(C)CCCN(C)Cc1ccc(C#CCO)s1. The molecule has 1 heterocycles. The van der Waals surface area contributed by atoms with Crippen molar-refractivity contribution in [3.8, 4) is 11.8 Å². The fourth-order valence-corrected chi connectivity index (χ4v) is 2.62. The third-order valence-corrected chi connectivity index (χ3v) is 3.51. The minimum atomic E-state index is -0.0718. The number of nitrogens with zero attached hydrogens (tertiary/aromatic N) is 2. The topological polar surface area (TPSA) is 26.7 Å². The van der Waals surface area contributed by atoms with Gasteiger partial charge in [0.05, 0.1) is 4.88 Å². The lowest BCUT2D eigenvalue weighted by Crippen LogP contribution is -2.23. The molecule has 0 unspecified atom stereocenters. The van der Waals surface area contributed by atoms with Gasteiger partial charge in [0.1, 0.15) is 6.61 Å². The Morgan fingerprint density at radius 1 is 1.22 bits per heavy atom. The highest BCUT2D eigenvalue weighted by Crippen LogP contribution is 2.16. The van der Waals surface area contributed by atoms with Crippen molar-refractivity contribution < 1.29 is 5.11 Å². The summed E-state index contributed by atoms with van der Waals surface area (Å²) < 4.78 is 0. The molecule has 1 rings (SSSR count). The molecule has 3 nitrogen and oxygen atoms in total. The van der Waals surface area contributed by atoms with E-state index in [1.165, 1.54) is 11.3 Å². The second-order valence-corrected chi connectivity index (χ2v) is 5.79. The van der Waals surface area contributed by atoms with Gasteiger partial charge in [-0.05, 0) is 52.8 Å². The molecule has 1 N–H and O–H groups in total. The Bertz CT molecular complexity index is 403. The lowest BCUT2D eigenvalue weighted by atomic mass is 10.3. The van der Waals surface area contributed by atoms with Gasteiger partial charge in [0.2, 0.25) is 0 Å². The summed E-state index contributed by atoms with van der Waals surface area (Å²) in [6.07, 6.45) is 1.19. The average Bonchev–Trinajstić information content (AvgIpc) is 2.73. The monoisotopic (exact) mass is 266 g/mol. The molecule has 0 amide bonds. The highest BCUT2D eigenvalue weighted by molar-refractivity contribution is 7.12. The van der Waals surface area contributed by atoms with Crippen molar-refractivity contribution in [1.29, 1.82) is 0 Å². The Morgan fingerprint density at radius 3 is 2.67 bits per heavy atom. The van der Waals surface area contributed by atoms with Crippen LogP contribution in [0.2, 0.25) is 0 Å². The number of hydrogen-bond acceptors (Lipinski definition) is 4. The lowest BCUT2D eigenvalue weighted by molar-refractivity contribution is 0.296. The molecule has 0 saturated carbocycles. The molecular weight excluding hydrogens is 244 g/mol. The standard InChI is InChI=1S/C14H22N2OS/c1-15(2)9-5-10-16(3)12-14-8-7-13(18-14)6-4-11-17/h7-8,17H,5,9-12H2,1-3H3. The minimum absolute atomic E-state index is 0.0718. The van der Waals surface area contributed by atoms with Gasteiger partial charge in [-0.1, -0.05) is 11.8 Å². The van der Waals surface area contributed by atoms with Gasteiger partial charge in [-0.3, -0.25) is 0 Å². The predicted molar refractivity (Wildman–Crippen MR) is 77.8 cm³/mol. The molecular formula is C14H22N2OS. The van der Waals surface area contributed by atoms with Crippen molar-refractivity contribution in [3.05, 3.63) is 21.9 Å². The highest BCUT2D eigenvalue weighted by atomic mass is 32.1. The quantitative estimate of drug-likeness (QED) is 0.790. The van der Waals surface area contributed by atoms with Crippen molar-refractivity contribution in [3.63, 3.8) is 0 Å². The Hall–Kier alpha value is -0.860. The summed E-state index contributed by atoms with van der Waals surface area (Å²) in [6, 6.07) is 4.14. The van der Waals surface area contributed by atoms with Crippen LogP contribution >= 0.6 is 11.3 Å². The number of hydrogen-bond donors (Lipinski definition) is 1. The summed E-state index contributed by atoms with van der Waals surface area (Å²) in [5.41, 5.74) is 0. The van der Waals surface area contributed by atoms with Gasteiger partial charge in [-0.2, -0.15) is 0 Å². The zero-order valence-electron chi connectivity index (χ0n) is 11.4. The second kappa shape index (κ2) is 8.28. The Labute approximate surface area is 114 Å². The molecule has 0 bridgehead atoms. The molecule has 0 spiro atoms. The lowest BCUT2D eigenvalue weighted by Gasteiger charge is -2.17. The second-order valence-electron chi connectivity index (χ2n) is 4.62. The van der Waals surface area contributed by atoms with Crippen molar-refractivity contribution in [2.75, 3.05) is 40.8 Å². The van der Waals surface area contributed by atoms with Crippen LogP contribution in [-0.4, -0.2) is 55.7 Å². The fraction of sp³-hybridized carbons (Fsp3) is 0.571. The first-order valence-electron chi connectivity index (χ1n) is 6.13. The predicted octanol–water partition coefficient (Wildman–Crippen LogP) is 1.48. The van der Waals surface area contributed by atoms with E-state index in [0.29, 0.717) is 0 Å². The van der Waals surface area contributed by atoms with Crippen LogP contribution in [0, 0.1) is 11.8 Å². The first-order valence-corrected chi connectivity index (χ1v) is 6.95. The van der Waals surface area contributed by atoms with Crippen LogP contribution in [0.5, 0.6) is 0 Å². The van der Waals surface area contributed by atoms with Crippen LogP contribution in [0.15, 0.2) is 12.1 Å². The fourth-order valence-electron chi connectivity index (χ4n) is 1.66. The Morgan fingerprint density at radius 2 is 2.00 bits per heavy atom. The molecule has 4 heteroatoms. The third-order valence-electron chi connectivity index (χ3n) is 2.52. The van der Waals surface area contributed by atoms with E-state index in [4.69, 9.17) is 5.11 Å². The minimum Gasteiger partial charge on any atom is -0.384 e. The molecule has 18 heavy (non-hydrogen) atoms. The van der Waals surface area contributed by atoms with E-state index in [1.54, 1.807) is 11.3 Å². The molecule has 0 aliphatic heterocycles. The van der Waals surface area contributed by atoms with Gasteiger partial charge in [0.25, 0.3) is 0 Å². The molecule has 100 valence electrons. The molecule has 1 aromatic heterocycles. The van der Waals surface area contributed by atoms with Gasteiger partial charge in [-0.15, -0.1) is 11.3 Å². The van der Waals surface area contributed by atoms with Crippen LogP contribution in [0.1, 0.15) is 16.2 Å². The van der Waals surface area contributed by atoms with E-state index < -0.39 is 0 Å². The van der Waals surface area contributed by atoms with E-state index in [2.05, 4.69) is 48.9 Å². The summed E-state index contributed by atoms with van der Waals surface area (Å²) in [5, 5.41) is 8.64. The van der Waals surface area contributed by atoms with E-state index in [0.717, 1.165) is 24.5 Å². The van der Waals surface area contributed by atoms with Crippen molar-refractivity contribution in [2.24, 2.45) is 0 Å². The number of aliphatic hydroxyl groups excluding tert-OH is 1. The zero-order valence-corrected chi connectivity index (χ0v) is 12.3. The van der Waals surface area contributed by atoms with E-state index in [1.807, 2.05) is 6.07 Å². The van der Waals surface area contributed by atoms with Crippen LogP contribution in [0.4, 0.5) is 0 Å². The van der Waals surface area contributed by atoms with E-state index >= 15 is 0 Å². The van der Waals surface area contributed by atoms with Gasteiger partial charge in [0.15, 0.2) is 0 Å². The van der Waals surface area contributed by atoms with Gasteiger partial charge in [-0.25, -0.2) is 0 Å². The summed E-state index contributed by atoms with van der Waals surface area (Å²) >= 11 is 1.70. The van der Waals surface area contributed by atoms with Gasteiger partial charge >= 0.3 is 0 Å². The summed E-state index contributed by atoms with van der Waals surface area (Å²) in [7, 11) is 6.35. The number of rotatable bonds is 6. The number of aliphatic hydroxyl groups is 1. The maximum atomic E-state index is 8.64. The maximum Gasteiger partial charge on any atom is 0.104 e. The summed E-state index contributed by atoms with van der Waals surface area (Å²) in [6.45, 7) is 3.13. The molecule has 0 aliphatic rings. The molecule has 0 fully saturated rings. The zero-order chi connectivity index (χ0) is 13.4. The normalized spacial score (nSPS) is 10.8. The van der Waals surface area contributed by atoms with Crippen LogP contribution in [0.25, 0.3) is 0 Å². The van der Waals surface area contributed by atoms with Crippen molar-refractivity contribution >= 4 is 11.3 Å². The Kier molecular flexibility index (Phi) is 6.99. The number of thiophene rings is 1. The van der Waals surface area contributed by atoms with Crippen molar-refractivity contribution in [1.82, 2.24) is 9.80 Å². The van der Waals surface area contributed by atoms with Crippen LogP contribution in [-0.2, 0) is 6.54 Å². The first kappa shape index (κ1) is 15.2. The summed E-state index contributed by atoms with van der Waals surface area (Å²) in [5.74, 6) is 5.61. The van der Waals surface area contributed by atoms with Crippen molar-refractivity contribution in [2.45, 2.75) is 13.0 Å². The molecule has 0 aliphatic carbocycles. The van der Waals surface area contributed by atoms with E-state index in [-0.39, 0.29) is 6.61 Å². The molecule has 0 atom stereocenters. The van der Waals surface area contributed by atoms with E-state index in [9.17, 15) is 0 Å². The largest absolute Gasteiger partial charge is 0.384 e. The third kappa shape index (κ3) is 6.18. The molecule has 0 radical (unpaired) electrons. The maximum absolute atomic E-state index is 8.64. The highest BCUT2D eigenvalue weighted by Gasteiger charge is 2.03. The first-order chi connectivity index (χ1) is 8.61. The molecule has 0 saturated heterocycles. The summed E-state index contributed by atoms with van der Waals surface area (Å²) in [4.78, 5) is 6.89.